The van der Waals surface area contributed by atoms with Crippen molar-refractivity contribution in [3.05, 3.63) is 29.8 Å². The first-order chi connectivity index (χ1) is 9.34. The fourth-order valence-corrected chi connectivity index (χ4v) is 1.80. The minimum Gasteiger partial charge on any atom is -0.396 e. The Morgan fingerprint density at radius 1 is 1.30 bits per heavy atom. The molecule has 4 nitrogen and oxygen atoms in total. The van der Waals surface area contributed by atoms with Gasteiger partial charge in [-0.25, -0.2) is 0 Å². The Morgan fingerprint density at radius 3 is 2.45 bits per heavy atom. The SMILES string of the molecule is Cc1ccc(NC(=O)C(C)NCC(C)(C)CCO)cc1. The summed E-state index contributed by atoms with van der Waals surface area (Å²) >= 11 is 0. The molecule has 0 bridgehead atoms. The predicted octanol–water partition coefficient (Wildman–Crippen LogP) is 2.32. The van der Waals surface area contributed by atoms with Gasteiger partial charge in [0.05, 0.1) is 6.04 Å². The topological polar surface area (TPSA) is 61.4 Å². The van der Waals surface area contributed by atoms with Crippen LogP contribution in [0.3, 0.4) is 0 Å². The van der Waals surface area contributed by atoms with E-state index in [1.54, 1.807) is 0 Å². The van der Waals surface area contributed by atoms with Crippen molar-refractivity contribution in [2.24, 2.45) is 5.41 Å². The summed E-state index contributed by atoms with van der Waals surface area (Å²) < 4.78 is 0. The molecule has 1 rings (SSSR count). The highest BCUT2D eigenvalue weighted by Crippen LogP contribution is 2.18. The zero-order valence-electron chi connectivity index (χ0n) is 12.9. The lowest BCUT2D eigenvalue weighted by Gasteiger charge is -2.26. The fraction of sp³-hybridized carbons (Fsp3) is 0.562. The number of aliphatic hydroxyl groups is 1. The average Bonchev–Trinajstić information content (AvgIpc) is 2.38. The van der Waals surface area contributed by atoms with E-state index in [2.05, 4.69) is 24.5 Å². The van der Waals surface area contributed by atoms with E-state index in [4.69, 9.17) is 5.11 Å². The van der Waals surface area contributed by atoms with Crippen LogP contribution < -0.4 is 10.6 Å². The Labute approximate surface area is 121 Å². The molecule has 1 unspecified atom stereocenters. The molecule has 1 atom stereocenters. The first-order valence-corrected chi connectivity index (χ1v) is 7.06. The molecule has 0 fully saturated rings. The van der Waals surface area contributed by atoms with Crippen molar-refractivity contribution < 1.29 is 9.90 Å². The van der Waals surface area contributed by atoms with Crippen molar-refractivity contribution in [2.45, 2.75) is 40.2 Å². The molecule has 4 heteroatoms. The van der Waals surface area contributed by atoms with Gasteiger partial charge in [-0.15, -0.1) is 0 Å². The van der Waals surface area contributed by atoms with Gasteiger partial charge in [0, 0.05) is 18.8 Å². The van der Waals surface area contributed by atoms with Crippen LogP contribution in [-0.4, -0.2) is 30.2 Å². The second-order valence-electron chi connectivity index (χ2n) is 6.10. The molecule has 0 saturated heterocycles. The third-order valence-electron chi connectivity index (χ3n) is 3.39. The second-order valence-corrected chi connectivity index (χ2v) is 6.10. The molecule has 0 aliphatic heterocycles. The minimum absolute atomic E-state index is 0.0207. The lowest BCUT2D eigenvalue weighted by atomic mass is 9.89. The molecule has 0 aliphatic rings. The number of aliphatic hydroxyl groups excluding tert-OH is 1. The Balaban J connectivity index is 2.45. The molecule has 0 spiro atoms. The summed E-state index contributed by atoms with van der Waals surface area (Å²) in [5.41, 5.74) is 1.96. The monoisotopic (exact) mass is 278 g/mol. The van der Waals surface area contributed by atoms with Crippen LogP contribution in [0.15, 0.2) is 24.3 Å². The fourth-order valence-electron chi connectivity index (χ4n) is 1.80. The zero-order chi connectivity index (χ0) is 15.2. The van der Waals surface area contributed by atoms with Crippen molar-refractivity contribution in [3.63, 3.8) is 0 Å². The summed E-state index contributed by atoms with van der Waals surface area (Å²) in [5.74, 6) is -0.0475. The summed E-state index contributed by atoms with van der Waals surface area (Å²) in [4.78, 5) is 12.0. The number of carbonyl (C=O) groups excluding carboxylic acids is 1. The third-order valence-corrected chi connectivity index (χ3v) is 3.39. The molecule has 1 aromatic carbocycles. The normalized spacial score (nSPS) is 13.1. The molecule has 1 amide bonds. The van der Waals surface area contributed by atoms with E-state index in [1.165, 1.54) is 5.56 Å². The maximum absolute atomic E-state index is 12.0. The second kappa shape index (κ2) is 7.41. The largest absolute Gasteiger partial charge is 0.396 e. The van der Waals surface area contributed by atoms with E-state index in [0.717, 1.165) is 5.69 Å². The van der Waals surface area contributed by atoms with Crippen LogP contribution >= 0.6 is 0 Å². The van der Waals surface area contributed by atoms with Crippen LogP contribution in [-0.2, 0) is 4.79 Å². The molecule has 0 saturated carbocycles. The molecule has 0 radical (unpaired) electrons. The number of hydrogen-bond donors (Lipinski definition) is 3. The molecule has 20 heavy (non-hydrogen) atoms. The summed E-state index contributed by atoms with van der Waals surface area (Å²) in [6.07, 6.45) is 0.715. The van der Waals surface area contributed by atoms with Crippen molar-refractivity contribution in [2.75, 3.05) is 18.5 Å². The lowest BCUT2D eigenvalue weighted by Crippen LogP contribution is -2.42. The summed E-state index contributed by atoms with van der Waals surface area (Å²) in [7, 11) is 0. The highest BCUT2D eigenvalue weighted by Gasteiger charge is 2.20. The molecule has 1 aromatic rings. The van der Waals surface area contributed by atoms with Crippen LogP contribution in [0.1, 0.15) is 32.8 Å². The van der Waals surface area contributed by atoms with Gasteiger partial charge in [0.15, 0.2) is 0 Å². The maximum Gasteiger partial charge on any atom is 0.241 e. The van der Waals surface area contributed by atoms with Crippen LogP contribution in [0.2, 0.25) is 0 Å². The molecule has 0 aromatic heterocycles. The van der Waals surface area contributed by atoms with Gasteiger partial charge in [0.25, 0.3) is 0 Å². The summed E-state index contributed by atoms with van der Waals surface area (Å²) in [5, 5.41) is 15.1. The van der Waals surface area contributed by atoms with Crippen molar-refractivity contribution in [1.29, 1.82) is 0 Å². The lowest BCUT2D eigenvalue weighted by molar-refractivity contribution is -0.117. The molecule has 3 N–H and O–H groups in total. The Kier molecular flexibility index (Phi) is 6.17. The number of carbonyl (C=O) groups is 1. The smallest absolute Gasteiger partial charge is 0.241 e. The minimum atomic E-state index is -0.269. The first kappa shape index (κ1) is 16.7. The van der Waals surface area contributed by atoms with E-state index in [1.807, 2.05) is 38.1 Å². The number of benzene rings is 1. The van der Waals surface area contributed by atoms with Gasteiger partial charge in [-0.2, -0.15) is 0 Å². The number of rotatable bonds is 7. The number of hydrogen-bond acceptors (Lipinski definition) is 3. The molecular formula is C16H26N2O2. The predicted molar refractivity (Wildman–Crippen MR) is 82.8 cm³/mol. The zero-order valence-corrected chi connectivity index (χ0v) is 12.9. The average molecular weight is 278 g/mol. The third kappa shape index (κ3) is 5.72. The van der Waals surface area contributed by atoms with Gasteiger partial charge in [0.1, 0.15) is 0 Å². The van der Waals surface area contributed by atoms with Crippen molar-refractivity contribution in [3.8, 4) is 0 Å². The molecule has 0 aliphatic carbocycles. The van der Waals surface area contributed by atoms with Gasteiger partial charge < -0.3 is 15.7 Å². The number of anilines is 1. The van der Waals surface area contributed by atoms with Gasteiger partial charge in [-0.3, -0.25) is 4.79 Å². The highest BCUT2D eigenvalue weighted by molar-refractivity contribution is 5.94. The number of amides is 1. The first-order valence-electron chi connectivity index (χ1n) is 7.06. The van der Waals surface area contributed by atoms with E-state index >= 15 is 0 Å². The highest BCUT2D eigenvalue weighted by atomic mass is 16.3. The van der Waals surface area contributed by atoms with Gasteiger partial charge in [-0.1, -0.05) is 31.5 Å². The quantitative estimate of drug-likeness (QED) is 0.717. The molecular weight excluding hydrogens is 252 g/mol. The Hall–Kier alpha value is -1.39. The standard InChI is InChI=1S/C16H26N2O2/c1-12-5-7-14(8-6-12)18-15(20)13(2)17-11-16(3,4)9-10-19/h5-8,13,17,19H,9-11H2,1-4H3,(H,18,20). The van der Waals surface area contributed by atoms with Crippen LogP contribution in [0.4, 0.5) is 5.69 Å². The van der Waals surface area contributed by atoms with Crippen molar-refractivity contribution >= 4 is 11.6 Å². The summed E-state index contributed by atoms with van der Waals surface area (Å²) in [6, 6.07) is 7.47. The van der Waals surface area contributed by atoms with Gasteiger partial charge in [-0.05, 0) is 37.8 Å². The van der Waals surface area contributed by atoms with Crippen molar-refractivity contribution in [1.82, 2.24) is 5.32 Å². The van der Waals surface area contributed by atoms with Crippen LogP contribution in [0.5, 0.6) is 0 Å². The van der Waals surface area contributed by atoms with Crippen LogP contribution in [0, 0.1) is 12.3 Å². The van der Waals surface area contributed by atoms with Gasteiger partial charge >= 0.3 is 0 Å². The maximum atomic E-state index is 12.0. The molecule has 0 heterocycles. The Morgan fingerprint density at radius 2 is 1.90 bits per heavy atom. The molecule has 112 valence electrons. The number of nitrogens with one attached hydrogen (secondary N) is 2. The Bertz CT molecular complexity index is 427. The van der Waals surface area contributed by atoms with E-state index in [9.17, 15) is 4.79 Å². The summed E-state index contributed by atoms with van der Waals surface area (Å²) in [6.45, 7) is 8.86. The van der Waals surface area contributed by atoms with E-state index < -0.39 is 0 Å². The number of aryl methyl sites for hydroxylation is 1. The van der Waals surface area contributed by atoms with E-state index in [0.29, 0.717) is 13.0 Å². The van der Waals surface area contributed by atoms with E-state index in [-0.39, 0.29) is 24.0 Å². The van der Waals surface area contributed by atoms with Crippen LogP contribution in [0.25, 0.3) is 0 Å². The van der Waals surface area contributed by atoms with Gasteiger partial charge in [0.2, 0.25) is 5.91 Å².